The Kier molecular flexibility index (Phi) is 3.27. The van der Waals surface area contributed by atoms with E-state index >= 15 is 0 Å². The van der Waals surface area contributed by atoms with Crippen LogP contribution in [-0.4, -0.2) is 29.7 Å². The Morgan fingerprint density at radius 3 is 2.56 bits per heavy atom. The fraction of sp³-hybridized carbons (Fsp3) is 0.500. The topological polar surface area (TPSA) is 92.8 Å². The standard InChI is InChI=1S/C4H6N2O3/c5-1-3(4(8)9)6-2-7/h3H,1,5H2,(H,8,9)/t3-/m1/s1. The van der Waals surface area contributed by atoms with E-state index in [1.54, 1.807) is 0 Å². The molecule has 0 saturated carbocycles. The highest BCUT2D eigenvalue weighted by Gasteiger charge is 2.12. The Bertz CT molecular complexity index is 148. The highest BCUT2D eigenvalue weighted by molar-refractivity contribution is 5.74. The van der Waals surface area contributed by atoms with E-state index in [9.17, 15) is 9.59 Å². The van der Waals surface area contributed by atoms with Gasteiger partial charge in [0.05, 0.1) is 0 Å². The molecule has 0 spiro atoms. The van der Waals surface area contributed by atoms with Crippen molar-refractivity contribution in [2.45, 2.75) is 6.04 Å². The summed E-state index contributed by atoms with van der Waals surface area (Å²) in [6.45, 7) is -0.176. The molecule has 3 N–H and O–H groups in total. The number of aliphatic carboxylic acids is 1. The van der Waals surface area contributed by atoms with Gasteiger partial charge in [0.1, 0.15) is 0 Å². The van der Waals surface area contributed by atoms with E-state index in [0.29, 0.717) is 0 Å². The van der Waals surface area contributed by atoms with Crippen LogP contribution in [0.15, 0.2) is 4.99 Å². The number of rotatable bonds is 3. The van der Waals surface area contributed by atoms with E-state index in [4.69, 9.17) is 10.8 Å². The van der Waals surface area contributed by atoms with Crippen LogP contribution in [0.1, 0.15) is 0 Å². The van der Waals surface area contributed by atoms with Crippen LogP contribution < -0.4 is 5.73 Å². The van der Waals surface area contributed by atoms with Gasteiger partial charge in [0.25, 0.3) is 0 Å². The normalized spacial score (nSPS) is 11.7. The second kappa shape index (κ2) is 3.77. The number of hydrogen-bond acceptors (Lipinski definition) is 4. The van der Waals surface area contributed by atoms with E-state index in [1.165, 1.54) is 0 Å². The van der Waals surface area contributed by atoms with Gasteiger partial charge < -0.3 is 10.8 Å². The van der Waals surface area contributed by atoms with Crippen molar-refractivity contribution >= 4 is 12.0 Å². The van der Waals surface area contributed by atoms with Crippen molar-refractivity contribution < 1.29 is 14.7 Å². The summed E-state index contributed by atoms with van der Waals surface area (Å²) < 4.78 is 0. The summed E-state index contributed by atoms with van der Waals surface area (Å²) in [6.07, 6.45) is 1.11. The molecule has 0 amide bonds. The van der Waals surface area contributed by atoms with Gasteiger partial charge in [0, 0.05) is 6.54 Å². The minimum absolute atomic E-state index is 0.176. The molecule has 0 heterocycles. The van der Waals surface area contributed by atoms with Crippen LogP contribution >= 0.6 is 0 Å². The zero-order valence-electron chi connectivity index (χ0n) is 4.57. The number of aliphatic imine (C=N–C) groups is 1. The molecule has 9 heavy (non-hydrogen) atoms. The number of nitrogens with two attached hydrogens (primary N) is 1. The lowest BCUT2D eigenvalue weighted by Gasteiger charge is -1.96. The van der Waals surface area contributed by atoms with Crippen molar-refractivity contribution in [2.24, 2.45) is 10.7 Å². The molecule has 0 aromatic rings. The van der Waals surface area contributed by atoms with E-state index in [-0.39, 0.29) is 6.54 Å². The van der Waals surface area contributed by atoms with Gasteiger partial charge in [0.2, 0.25) is 6.08 Å². The molecule has 5 heteroatoms. The summed E-state index contributed by atoms with van der Waals surface area (Å²) in [4.78, 5) is 22.3. The van der Waals surface area contributed by atoms with Crippen molar-refractivity contribution in [1.82, 2.24) is 0 Å². The van der Waals surface area contributed by atoms with Gasteiger partial charge in [0.15, 0.2) is 6.04 Å². The Morgan fingerprint density at radius 2 is 2.44 bits per heavy atom. The molecular formula is C4H6N2O3. The Labute approximate surface area is 51.2 Å². The van der Waals surface area contributed by atoms with Gasteiger partial charge in [-0.15, -0.1) is 0 Å². The summed E-state index contributed by atoms with van der Waals surface area (Å²) in [6, 6.07) is -1.14. The molecule has 0 aliphatic carbocycles. The van der Waals surface area contributed by atoms with Crippen molar-refractivity contribution in [2.75, 3.05) is 6.54 Å². The highest BCUT2D eigenvalue weighted by Crippen LogP contribution is 1.84. The minimum atomic E-state index is -1.21. The number of carbonyl (C=O) groups is 1. The molecule has 0 rings (SSSR count). The maximum atomic E-state index is 9.97. The molecule has 0 aliphatic heterocycles. The van der Waals surface area contributed by atoms with E-state index in [1.807, 2.05) is 0 Å². The van der Waals surface area contributed by atoms with Crippen molar-refractivity contribution in [3.05, 3.63) is 0 Å². The zero-order valence-corrected chi connectivity index (χ0v) is 4.57. The third kappa shape index (κ3) is 2.58. The molecule has 0 aromatic heterocycles. The number of nitrogens with zero attached hydrogens (tertiary/aromatic N) is 1. The Hall–Kier alpha value is -1.19. The first-order valence-corrected chi connectivity index (χ1v) is 2.22. The van der Waals surface area contributed by atoms with Crippen LogP contribution in [-0.2, 0) is 9.59 Å². The molecule has 1 atom stereocenters. The van der Waals surface area contributed by atoms with Crippen LogP contribution in [0.4, 0.5) is 0 Å². The van der Waals surface area contributed by atoms with Gasteiger partial charge in [-0.3, -0.25) is 0 Å². The van der Waals surface area contributed by atoms with Crippen molar-refractivity contribution in [1.29, 1.82) is 0 Å². The molecule has 0 aromatic carbocycles. The van der Waals surface area contributed by atoms with Gasteiger partial charge in [-0.05, 0) is 0 Å². The van der Waals surface area contributed by atoms with E-state index < -0.39 is 12.0 Å². The Balaban J connectivity index is 3.98. The molecule has 0 fully saturated rings. The largest absolute Gasteiger partial charge is 0.480 e. The van der Waals surface area contributed by atoms with Gasteiger partial charge in [-0.2, -0.15) is 4.99 Å². The molecule has 50 valence electrons. The highest BCUT2D eigenvalue weighted by atomic mass is 16.4. The molecular weight excluding hydrogens is 124 g/mol. The molecule has 0 saturated heterocycles. The predicted octanol–water partition coefficient (Wildman–Crippen LogP) is -1.27. The van der Waals surface area contributed by atoms with Crippen LogP contribution in [0.3, 0.4) is 0 Å². The minimum Gasteiger partial charge on any atom is -0.480 e. The number of hydrogen-bond donors (Lipinski definition) is 2. The number of isocyanates is 1. The molecule has 0 aliphatic rings. The molecule has 0 radical (unpaired) electrons. The fourth-order valence-corrected chi connectivity index (χ4v) is 0.272. The van der Waals surface area contributed by atoms with Gasteiger partial charge in [-0.1, -0.05) is 0 Å². The van der Waals surface area contributed by atoms with Crippen molar-refractivity contribution in [3.63, 3.8) is 0 Å². The molecule has 0 unspecified atom stereocenters. The number of carboxylic acids is 1. The second-order valence-corrected chi connectivity index (χ2v) is 1.31. The Morgan fingerprint density at radius 1 is 1.89 bits per heavy atom. The lowest BCUT2D eigenvalue weighted by Crippen LogP contribution is -2.26. The predicted molar refractivity (Wildman–Crippen MR) is 28.6 cm³/mol. The second-order valence-electron chi connectivity index (χ2n) is 1.31. The monoisotopic (exact) mass is 130 g/mol. The van der Waals surface area contributed by atoms with Crippen LogP contribution in [0.2, 0.25) is 0 Å². The lowest BCUT2D eigenvalue weighted by atomic mass is 10.3. The molecule has 0 bridgehead atoms. The summed E-state index contributed by atoms with van der Waals surface area (Å²) in [5, 5.41) is 8.15. The number of carboxylic acid groups (broad SMARTS) is 1. The average Bonchev–Trinajstić information content (AvgIpc) is 1.82. The smallest absolute Gasteiger partial charge is 0.330 e. The first-order valence-electron chi connectivity index (χ1n) is 2.22. The third-order valence-corrected chi connectivity index (χ3v) is 0.717. The van der Waals surface area contributed by atoms with Crippen molar-refractivity contribution in [3.8, 4) is 0 Å². The van der Waals surface area contributed by atoms with Gasteiger partial charge >= 0.3 is 5.97 Å². The van der Waals surface area contributed by atoms with Crippen LogP contribution in [0.5, 0.6) is 0 Å². The SMILES string of the molecule is NC[C@@H](N=C=O)C(=O)O. The van der Waals surface area contributed by atoms with Gasteiger partial charge in [-0.25, -0.2) is 9.59 Å². The fourth-order valence-electron chi connectivity index (χ4n) is 0.272. The van der Waals surface area contributed by atoms with Crippen LogP contribution in [0.25, 0.3) is 0 Å². The maximum Gasteiger partial charge on any atom is 0.330 e. The maximum absolute atomic E-state index is 9.97. The summed E-state index contributed by atoms with van der Waals surface area (Å²) in [5.74, 6) is -1.21. The lowest BCUT2D eigenvalue weighted by molar-refractivity contribution is -0.138. The third-order valence-electron chi connectivity index (χ3n) is 0.717. The number of carbonyl (C=O) groups excluding carboxylic acids is 1. The summed E-state index contributed by atoms with van der Waals surface area (Å²) in [7, 11) is 0. The summed E-state index contributed by atoms with van der Waals surface area (Å²) in [5.41, 5.74) is 4.91. The van der Waals surface area contributed by atoms with E-state index in [0.717, 1.165) is 6.08 Å². The molecule has 5 nitrogen and oxygen atoms in total. The van der Waals surface area contributed by atoms with Crippen LogP contribution in [0, 0.1) is 0 Å². The average molecular weight is 130 g/mol. The first kappa shape index (κ1) is 7.81. The quantitative estimate of drug-likeness (QED) is 0.368. The summed E-state index contributed by atoms with van der Waals surface area (Å²) >= 11 is 0. The zero-order chi connectivity index (χ0) is 7.28. The first-order chi connectivity index (χ1) is 4.22. The van der Waals surface area contributed by atoms with E-state index in [2.05, 4.69) is 4.99 Å².